The Kier molecular flexibility index (Phi) is 4.42. The molecule has 0 unspecified atom stereocenters. The summed E-state index contributed by atoms with van der Waals surface area (Å²) in [6.45, 7) is 8.35. The first-order valence-electron chi connectivity index (χ1n) is 9.94. The van der Waals surface area contributed by atoms with Crippen LogP contribution in [0.1, 0.15) is 56.8 Å². The van der Waals surface area contributed by atoms with Crippen LogP contribution in [0.2, 0.25) is 0 Å². The van der Waals surface area contributed by atoms with Crippen LogP contribution in [-0.2, 0) is 4.79 Å². The highest BCUT2D eigenvalue weighted by atomic mass is 16.2. The summed E-state index contributed by atoms with van der Waals surface area (Å²) >= 11 is 0. The number of aryl methyl sites for hydroxylation is 2. The second-order valence-electron chi connectivity index (χ2n) is 8.20. The van der Waals surface area contributed by atoms with E-state index in [-0.39, 0.29) is 0 Å². The van der Waals surface area contributed by atoms with E-state index in [1.807, 2.05) is 13.1 Å². The lowest BCUT2D eigenvalue weighted by molar-refractivity contribution is -0.149. The summed E-state index contributed by atoms with van der Waals surface area (Å²) in [5.41, 5.74) is 2.00. The highest BCUT2D eigenvalue weighted by Crippen LogP contribution is 2.43. The second-order valence-corrected chi connectivity index (χ2v) is 8.20. The van der Waals surface area contributed by atoms with Gasteiger partial charge in [-0.25, -0.2) is 4.98 Å². The number of fused-ring (bicyclic) bond motifs is 4. The van der Waals surface area contributed by atoms with Gasteiger partial charge in [-0.3, -0.25) is 9.78 Å². The molecule has 5 heteroatoms. The van der Waals surface area contributed by atoms with Crippen molar-refractivity contribution < 1.29 is 4.79 Å². The van der Waals surface area contributed by atoms with Gasteiger partial charge in [0, 0.05) is 37.8 Å². The molecule has 4 heterocycles. The molecule has 0 spiro atoms. The van der Waals surface area contributed by atoms with Crippen molar-refractivity contribution in [3.63, 3.8) is 0 Å². The van der Waals surface area contributed by atoms with Gasteiger partial charge in [0.1, 0.15) is 5.82 Å². The van der Waals surface area contributed by atoms with Crippen LogP contribution in [0.25, 0.3) is 0 Å². The zero-order chi connectivity index (χ0) is 17.6. The minimum Gasteiger partial charge on any atom is -0.354 e. The lowest BCUT2D eigenvalue weighted by atomic mass is 9.71. The Morgan fingerprint density at radius 2 is 2.04 bits per heavy atom. The zero-order valence-corrected chi connectivity index (χ0v) is 15.7. The van der Waals surface area contributed by atoms with Crippen molar-refractivity contribution in [3.8, 4) is 0 Å². The lowest BCUT2D eigenvalue weighted by Crippen LogP contribution is -2.65. The van der Waals surface area contributed by atoms with Crippen molar-refractivity contribution in [1.29, 1.82) is 0 Å². The first-order chi connectivity index (χ1) is 12.1. The monoisotopic (exact) mass is 342 g/mol. The lowest BCUT2D eigenvalue weighted by Gasteiger charge is -2.57. The summed E-state index contributed by atoms with van der Waals surface area (Å²) in [5, 5.41) is 0. The van der Waals surface area contributed by atoms with Gasteiger partial charge in [-0.2, -0.15) is 0 Å². The van der Waals surface area contributed by atoms with E-state index in [0.29, 0.717) is 29.8 Å². The standard InChI is InChI=1S/C20H30N4O/c1-4-6-17-15-9-16(18-7-5-8-19(25)24(17)18)12-23(11-15)20-14(3)21-10-13(2)22-20/h10,15-18H,4-9,11-12H2,1-3H3/t15-,16+,17-,18-/m0/s1. The van der Waals surface area contributed by atoms with Gasteiger partial charge in [-0.1, -0.05) is 13.3 Å². The molecule has 0 N–H and O–H groups in total. The first kappa shape index (κ1) is 16.8. The van der Waals surface area contributed by atoms with Crippen LogP contribution in [0.4, 0.5) is 5.82 Å². The molecule has 0 saturated carbocycles. The Morgan fingerprint density at radius 1 is 1.24 bits per heavy atom. The quantitative estimate of drug-likeness (QED) is 0.847. The molecule has 5 nitrogen and oxygen atoms in total. The molecule has 2 bridgehead atoms. The van der Waals surface area contributed by atoms with Gasteiger partial charge in [-0.05, 0) is 51.4 Å². The molecule has 0 aliphatic carbocycles. The normalized spacial score (nSPS) is 31.9. The fourth-order valence-corrected chi connectivity index (χ4v) is 5.44. The van der Waals surface area contributed by atoms with Crippen LogP contribution in [0, 0.1) is 25.7 Å². The largest absolute Gasteiger partial charge is 0.354 e. The summed E-state index contributed by atoms with van der Waals surface area (Å²) in [5.74, 6) is 2.61. The van der Waals surface area contributed by atoms with E-state index >= 15 is 0 Å². The van der Waals surface area contributed by atoms with Crippen molar-refractivity contribution in [3.05, 3.63) is 17.6 Å². The van der Waals surface area contributed by atoms with Crippen LogP contribution in [-0.4, -0.2) is 45.9 Å². The molecule has 1 aromatic heterocycles. The molecule has 1 amide bonds. The second kappa shape index (κ2) is 6.58. The number of piperidine rings is 3. The van der Waals surface area contributed by atoms with Crippen LogP contribution in [0.15, 0.2) is 6.20 Å². The molecule has 0 aromatic carbocycles. The van der Waals surface area contributed by atoms with Crippen LogP contribution in [0.5, 0.6) is 0 Å². The molecule has 25 heavy (non-hydrogen) atoms. The van der Waals surface area contributed by atoms with Gasteiger partial charge in [-0.15, -0.1) is 0 Å². The molecular weight excluding hydrogens is 312 g/mol. The van der Waals surface area contributed by atoms with Gasteiger partial charge < -0.3 is 9.80 Å². The zero-order valence-electron chi connectivity index (χ0n) is 15.7. The van der Waals surface area contributed by atoms with Crippen LogP contribution < -0.4 is 4.90 Å². The highest BCUT2D eigenvalue weighted by Gasteiger charge is 2.49. The molecule has 3 saturated heterocycles. The molecule has 3 aliphatic rings. The highest BCUT2D eigenvalue weighted by molar-refractivity contribution is 5.78. The third-order valence-corrected chi connectivity index (χ3v) is 6.43. The van der Waals surface area contributed by atoms with E-state index in [1.54, 1.807) is 0 Å². The third kappa shape index (κ3) is 2.91. The van der Waals surface area contributed by atoms with E-state index in [2.05, 4.69) is 28.6 Å². The number of aromatic nitrogens is 2. The minimum atomic E-state index is 0.407. The molecule has 3 aliphatic heterocycles. The number of carbonyl (C=O) groups is 1. The molecule has 4 atom stereocenters. The summed E-state index contributed by atoms with van der Waals surface area (Å²) in [7, 11) is 0. The first-order valence-corrected chi connectivity index (χ1v) is 9.94. The van der Waals surface area contributed by atoms with Crippen molar-refractivity contribution in [2.45, 2.75) is 71.4 Å². The van der Waals surface area contributed by atoms with Crippen molar-refractivity contribution in [1.82, 2.24) is 14.9 Å². The molecular formula is C20H30N4O. The van der Waals surface area contributed by atoms with Gasteiger partial charge in [0.25, 0.3) is 0 Å². The number of carbonyl (C=O) groups excluding carboxylic acids is 1. The smallest absolute Gasteiger partial charge is 0.223 e. The van der Waals surface area contributed by atoms with E-state index < -0.39 is 0 Å². The third-order valence-electron chi connectivity index (χ3n) is 6.43. The maximum Gasteiger partial charge on any atom is 0.223 e. The molecule has 136 valence electrons. The Labute approximate surface area is 150 Å². The van der Waals surface area contributed by atoms with Crippen LogP contribution >= 0.6 is 0 Å². The molecule has 3 fully saturated rings. The van der Waals surface area contributed by atoms with Crippen molar-refractivity contribution in [2.75, 3.05) is 18.0 Å². The SMILES string of the molecule is CCC[C@H]1[C@H]2C[C@H](CN(c3nc(C)cnc3C)C2)[C@@H]2CCCC(=O)N21. The molecule has 0 radical (unpaired) electrons. The summed E-state index contributed by atoms with van der Waals surface area (Å²) < 4.78 is 0. The van der Waals surface area contributed by atoms with Crippen LogP contribution in [0.3, 0.4) is 0 Å². The van der Waals surface area contributed by atoms with E-state index in [4.69, 9.17) is 4.98 Å². The Morgan fingerprint density at radius 3 is 2.84 bits per heavy atom. The van der Waals surface area contributed by atoms with E-state index in [0.717, 1.165) is 56.0 Å². The average molecular weight is 342 g/mol. The number of hydrogen-bond acceptors (Lipinski definition) is 4. The van der Waals surface area contributed by atoms with Crippen molar-refractivity contribution in [2.24, 2.45) is 11.8 Å². The van der Waals surface area contributed by atoms with Gasteiger partial charge in [0.2, 0.25) is 5.91 Å². The summed E-state index contributed by atoms with van der Waals surface area (Å²) in [6.07, 6.45) is 8.39. The Balaban J connectivity index is 1.65. The number of hydrogen-bond donors (Lipinski definition) is 0. The van der Waals surface area contributed by atoms with Gasteiger partial charge in [0.15, 0.2) is 0 Å². The van der Waals surface area contributed by atoms with Crippen molar-refractivity contribution >= 4 is 11.7 Å². The minimum absolute atomic E-state index is 0.407. The van der Waals surface area contributed by atoms with Gasteiger partial charge in [0.05, 0.1) is 11.4 Å². The number of anilines is 1. The maximum absolute atomic E-state index is 12.7. The Hall–Kier alpha value is -1.65. The summed E-state index contributed by atoms with van der Waals surface area (Å²) in [6, 6.07) is 0.856. The number of rotatable bonds is 3. The predicted octanol–water partition coefficient (Wildman–Crippen LogP) is 3.10. The maximum atomic E-state index is 12.7. The van der Waals surface area contributed by atoms with Gasteiger partial charge >= 0.3 is 0 Å². The van der Waals surface area contributed by atoms with E-state index in [1.165, 1.54) is 12.8 Å². The average Bonchev–Trinajstić information content (AvgIpc) is 2.61. The number of amides is 1. The fourth-order valence-electron chi connectivity index (χ4n) is 5.44. The molecule has 4 rings (SSSR count). The summed E-state index contributed by atoms with van der Waals surface area (Å²) in [4.78, 5) is 26.8. The van der Waals surface area contributed by atoms with E-state index in [9.17, 15) is 4.79 Å². The Bertz CT molecular complexity index is 661. The number of nitrogens with zero attached hydrogens (tertiary/aromatic N) is 4. The molecule has 1 aromatic rings. The fraction of sp³-hybridized carbons (Fsp3) is 0.750. The predicted molar refractivity (Wildman–Crippen MR) is 98.5 cm³/mol. The topological polar surface area (TPSA) is 49.3 Å².